The van der Waals surface area contributed by atoms with E-state index in [1.54, 1.807) is 11.8 Å². The number of hydrogen-bond acceptors (Lipinski definition) is 4. The lowest BCUT2D eigenvalue weighted by Gasteiger charge is -2.32. The van der Waals surface area contributed by atoms with Crippen LogP contribution in [0.1, 0.15) is 37.2 Å². The quantitative estimate of drug-likeness (QED) is 0.523. The molecule has 1 aromatic heterocycles. The van der Waals surface area contributed by atoms with Crippen LogP contribution in [-0.4, -0.2) is 51.0 Å². The van der Waals surface area contributed by atoms with Crippen LogP contribution in [-0.2, 0) is 27.1 Å². The Morgan fingerprint density at radius 2 is 1.94 bits per heavy atom. The smallest absolute Gasteiger partial charge is 0.275 e. The molecule has 0 spiro atoms. The fourth-order valence-corrected chi connectivity index (χ4v) is 4.56. The predicted molar refractivity (Wildman–Crippen MR) is 119 cm³/mol. The lowest BCUT2D eigenvalue weighted by Crippen LogP contribution is -2.47. The summed E-state index contributed by atoms with van der Waals surface area (Å²) in [6, 6.07) is 2.51. The van der Waals surface area contributed by atoms with Crippen molar-refractivity contribution in [3.63, 3.8) is 0 Å². The van der Waals surface area contributed by atoms with Crippen LogP contribution in [0.3, 0.4) is 0 Å². The third-order valence-corrected chi connectivity index (χ3v) is 6.29. The van der Waals surface area contributed by atoms with Crippen LogP contribution in [0.15, 0.2) is 29.3 Å². The summed E-state index contributed by atoms with van der Waals surface area (Å²) < 4.78 is 58.4. The van der Waals surface area contributed by atoms with Gasteiger partial charge in [0.2, 0.25) is 12.3 Å². The molecule has 1 aliphatic rings. The minimum Gasteiger partial charge on any atom is -0.372 e. The third-order valence-electron chi connectivity index (χ3n) is 5.06. The number of likely N-dealkylation sites (tertiary alicyclic amines) is 1. The molecule has 0 bridgehead atoms. The van der Waals surface area contributed by atoms with Crippen molar-refractivity contribution < 1.29 is 31.8 Å². The van der Waals surface area contributed by atoms with Crippen LogP contribution in [0.2, 0.25) is 0 Å². The second kappa shape index (κ2) is 12.3. The summed E-state index contributed by atoms with van der Waals surface area (Å²) in [6.45, 7) is 4.34. The molecule has 0 saturated carbocycles. The number of rotatable bonds is 6. The highest BCUT2D eigenvalue weighted by Gasteiger charge is 2.28. The van der Waals surface area contributed by atoms with E-state index in [2.05, 4.69) is 15.8 Å². The van der Waals surface area contributed by atoms with Gasteiger partial charge in [-0.3, -0.25) is 14.4 Å². The molecule has 34 heavy (non-hydrogen) atoms. The molecule has 3 amide bonds. The molecule has 1 saturated heterocycles. The minimum atomic E-state index is -1.95. The second-order valence-corrected chi connectivity index (χ2v) is 8.56. The molecule has 2 unspecified atom stereocenters. The number of anilines is 1. The van der Waals surface area contributed by atoms with Gasteiger partial charge in [0, 0.05) is 50.6 Å². The zero-order chi connectivity index (χ0) is 25.4. The van der Waals surface area contributed by atoms with Crippen LogP contribution >= 0.6 is 0 Å². The number of nitrogens with one attached hydrogen (secondary N) is 2. The van der Waals surface area contributed by atoms with Gasteiger partial charge in [-0.25, -0.2) is 22.1 Å². The molecule has 186 valence electrons. The Kier molecular flexibility index (Phi) is 9.81. The molecule has 2 aromatic rings. The molecule has 13 heteroatoms. The van der Waals surface area contributed by atoms with Crippen molar-refractivity contribution in [2.45, 2.75) is 44.2 Å². The summed E-state index contributed by atoms with van der Waals surface area (Å²) in [5, 5.41) is 2.32. The maximum atomic E-state index is 15.1. The van der Waals surface area contributed by atoms with Crippen molar-refractivity contribution >= 4 is 34.9 Å². The van der Waals surface area contributed by atoms with Crippen LogP contribution in [0.5, 0.6) is 0 Å². The molecule has 1 aromatic carbocycles. The van der Waals surface area contributed by atoms with Gasteiger partial charge in [-0.05, 0) is 31.9 Å². The predicted octanol–water partition coefficient (Wildman–Crippen LogP) is 1.90. The number of halogens is 3. The van der Waals surface area contributed by atoms with Gasteiger partial charge >= 0.3 is 0 Å². The second-order valence-electron chi connectivity index (χ2n) is 7.35. The molecule has 0 radical (unpaired) electrons. The minimum absolute atomic E-state index is 0.0421. The van der Waals surface area contributed by atoms with Gasteiger partial charge in [-0.15, -0.1) is 0 Å². The first-order chi connectivity index (χ1) is 16.1. The fourth-order valence-electron chi connectivity index (χ4n) is 3.45. The van der Waals surface area contributed by atoms with E-state index in [0.29, 0.717) is 19.5 Å². The molecule has 0 aliphatic carbocycles. The van der Waals surface area contributed by atoms with Crippen LogP contribution in [0.25, 0.3) is 0 Å². The van der Waals surface area contributed by atoms with Crippen molar-refractivity contribution in [2.24, 2.45) is 5.73 Å². The topological polar surface area (TPSA) is 127 Å². The van der Waals surface area contributed by atoms with E-state index in [0.717, 1.165) is 24.6 Å². The van der Waals surface area contributed by atoms with E-state index in [4.69, 9.17) is 4.79 Å². The van der Waals surface area contributed by atoms with Crippen molar-refractivity contribution in [1.29, 1.82) is 0 Å². The fraction of sp³-hybridized carbons (Fsp3) is 0.381. The van der Waals surface area contributed by atoms with E-state index >= 15 is 4.39 Å². The molecule has 2 atom stereocenters. The maximum absolute atomic E-state index is 15.1. The number of hydrogen-bond donors (Lipinski definition) is 3. The number of carbonyl (C=O) groups is 3. The Morgan fingerprint density at radius 3 is 2.53 bits per heavy atom. The van der Waals surface area contributed by atoms with Crippen molar-refractivity contribution in [3.05, 3.63) is 47.5 Å². The van der Waals surface area contributed by atoms with E-state index in [9.17, 15) is 22.6 Å². The van der Waals surface area contributed by atoms with Gasteiger partial charge in [-0.2, -0.15) is 0 Å². The highest BCUT2D eigenvalue weighted by molar-refractivity contribution is 7.83. The van der Waals surface area contributed by atoms with Gasteiger partial charge in [0.15, 0.2) is 17.5 Å². The number of benzene rings is 1. The van der Waals surface area contributed by atoms with Crippen LogP contribution in [0, 0.1) is 17.5 Å². The van der Waals surface area contributed by atoms with E-state index < -0.39 is 34.3 Å². The van der Waals surface area contributed by atoms with E-state index in [1.165, 1.54) is 17.7 Å². The summed E-state index contributed by atoms with van der Waals surface area (Å²) in [4.78, 5) is 34.2. The molecule has 3 rings (SSSR count). The molecule has 1 aliphatic heterocycles. The number of amides is 3. The lowest BCUT2D eigenvalue weighted by molar-refractivity contribution is -0.130. The average molecular weight is 502 g/mol. The number of piperidine rings is 1. The normalized spacial score (nSPS) is 16.3. The third kappa shape index (κ3) is 6.67. The zero-order valence-electron chi connectivity index (χ0n) is 18.6. The summed E-state index contributed by atoms with van der Waals surface area (Å²) in [7, 11) is -1.95. The van der Waals surface area contributed by atoms with Gasteiger partial charge < -0.3 is 20.5 Å². The SMILES string of the molecule is CCn1cc(S(=O)NC2CCCN(C(C)=O)C2)c(F)c1C(=O)Nc1ccc(F)c(F)c1.NC=O. The van der Waals surface area contributed by atoms with Gasteiger partial charge in [0.25, 0.3) is 5.91 Å². The highest BCUT2D eigenvalue weighted by Crippen LogP contribution is 2.22. The van der Waals surface area contributed by atoms with Crippen molar-refractivity contribution in [3.8, 4) is 0 Å². The first-order valence-corrected chi connectivity index (χ1v) is 11.5. The van der Waals surface area contributed by atoms with E-state index in [1.807, 2.05) is 0 Å². The highest BCUT2D eigenvalue weighted by atomic mass is 32.2. The summed E-state index contributed by atoms with van der Waals surface area (Å²) in [5.41, 5.74) is 3.76. The average Bonchev–Trinajstić information content (AvgIpc) is 3.13. The number of nitrogens with zero attached hydrogens (tertiary/aromatic N) is 2. The van der Waals surface area contributed by atoms with E-state index in [-0.39, 0.29) is 41.2 Å². The number of carbonyl (C=O) groups excluding carboxylic acids is 3. The summed E-state index contributed by atoms with van der Waals surface area (Å²) in [5.74, 6) is -4.16. The first kappa shape index (κ1) is 27.1. The monoisotopic (exact) mass is 501 g/mol. The van der Waals surface area contributed by atoms with Crippen LogP contribution < -0.4 is 15.8 Å². The largest absolute Gasteiger partial charge is 0.372 e. The summed E-state index contributed by atoms with van der Waals surface area (Å²) >= 11 is 0. The van der Waals surface area contributed by atoms with Crippen LogP contribution in [0.4, 0.5) is 18.9 Å². The molecule has 4 N–H and O–H groups in total. The molecule has 9 nitrogen and oxygen atoms in total. The van der Waals surface area contributed by atoms with Crippen molar-refractivity contribution in [2.75, 3.05) is 18.4 Å². The maximum Gasteiger partial charge on any atom is 0.275 e. The molecular formula is C21H26F3N5O4S. The number of nitrogens with two attached hydrogens (primary N) is 1. The Hall–Kier alpha value is -3.19. The lowest BCUT2D eigenvalue weighted by atomic mass is 10.1. The van der Waals surface area contributed by atoms with Gasteiger partial charge in [-0.1, -0.05) is 0 Å². The zero-order valence-corrected chi connectivity index (χ0v) is 19.5. The summed E-state index contributed by atoms with van der Waals surface area (Å²) in [6.07, 6.45) is 2.94. The van der Waals surface area contributed by atoms with Gasteiger partial charge in [0.05, 0.1) is 0 Å². The molecule has 1 fully saturated rings. The Morgan fingerprint density at radius 1 is 1.26 bits per heavy atom. The molecular weight excluding hydrogens is 475 g/mol. The Bertz CT molecular complexity index is 1080. The number of aryl methyl sites for hydroxylation is 1. The van der Waals surface area contributed by atoms with Gasteiger partial charge in [0.1, 0.15) is 21.6 Å². The Balaban J connectivity index is 0.00000129. The number of primary amides is 1. The Labute approximate surface area is 197 Å². The number of aromatic nitrogens is 1. The molecule has 2 heterocycles. The first-order valence-electron chi connectivity index (χ1n) is 10.4. The van der Waals surface area contributed by atoms with Crippen molar-refractivity contribution in [1.82, 2.24) is 14.2 Å². The standard InChI is InChI=1S/C20H23F3N4O3S.CH3NO/c1-3-26-11-17(31(30)25-14-5-4-8-27(10-14)12(2)28)18(23)19(26)20(29)24-13-6-7-15(21)16(22)9-13;2-1-3/h6-7,9,11,14,25H,3-5,8,10H2,1-2H3,(H,24,29);1H,(H2,2,3).